The fraction of sp³-hybridized carbons (Fsp3) is 0.417. The molecule has 0 saturated heterocycles. The van der Waals surface area contributed by atoms with Crippen molar-refractivity contribution in [2.45, 2.75) is 18.7 Å². The Labute approximate surface area is 133 Å². The van der Waals surface area contributed by atoms with Crippen LogP contribution in [0.25, 0.3) is 0 Å². The molecule has 0 aliphatic rings. The van der Waals surface area contributed by atoms with Crippen molar-refractivity contribution >= 4 is 48.8 Å². The lowest BCUT2D eigenvalue weighted by atomic mass is 10.1. The molecule has 0 aromatic heterocycles. The largest absolute Gasteiger partial charge is 0.341 e. The maximum absolute atomic E-state index is 12.3. The first-order chi connectivity index (χ1) is 9.04. The quantitative estimate of drug-likeness (QED) is 0.772. The van der Waals surface area contributed by atoms with Gasteiger partial charge in [-0.15, -0.1) is 0 Å². The number of hydrogen-bond acceptors (Lipinski definition) is 3. The van der Waals surface area contributed by atoms with Crippen molar-refractivity contribution in [3.8, 4) is 0 Å². The summed E-state index contributed by atoms with van der Waals surface area (Å²) in [5, 5.41) is -0.0222. The number of rotatable bonds is 4. The van der Waals surface area contributed by atoms with Crippen LogP contribution in [-0.2, 0) is 9.05 Å². The molecule has 1 amide bonds. The van der Waals surface area contributed by atoms with Crippen molar-refractivity contribution in [3.05, 3.63) is 27.7 Å². The predicted molar refractivity (Wildman–Crippen MR) is 81.3 cm³/mol. The summed E-state index contributed by atoms with van der Waals surface area (Å²) in [4.78, 5) is 13.5. The zero-order valence-corrected chi connectivity index (χ0v) is 14.2. The minimum absolute atomic E-state index is 0.0105. The van der Waals surface area contributed by atoms with Crippen LogP contribution in [0.15, 0.2) is 17.0 Å². The molecule has 112 valence electrons. The van der Waals surface area contributed by atoms with E-state index in [1.807, 2.05) is 13.8 Å². The molecule has 0 saturated carbocycles. The standard InChI is InChI=1S/C12H14Cl3NO3S/c1-7(2)6-16(3)12(17)9-4-8(20(15,18)19)5-10(13)11(9)14/h4-5,7H,6H2,1-3H3. The first kappa shape index (κ1) is 17.6. The summed E-state index contributed by atoms with van der Waals surface area (Å²) >= 11 is 11.8. The van der Waals surface area contributed by atoms with E-state index in [1.165, 1.54) is 4.90 Å². The molecule has 0 heterocycles. The van der Waals surface area contributed by atoms with Gasteiger partial charge in [0, 0.05) is 24.3 Å². The van der Waals surface area contributed by atoms with Crippen LogP contribution in [0, 0.1) is 5.92 Å². The summed E-state index contributed by atoms with van der Waals surface area (Å²) in [5.41, 5.74) is 0.0153. The van der Waals surface area contributed by atoms with Gasteiger partial charge in [0.1, 0.15) is 0 Å². The number of nitrogens with zero attached hydrogens (tertiary/aromatic N) is 1. The highest BCUT2D eigenvalue weighted by molar-refractivity contribution is 8.13. The van der Waals surface area contributed by atoms with E-state index in [4.69, 9.17) is 33.9 Å². The van der Waals surface area contributed by atoms with Crippen LogP contribution in [0.5, 0.6) is 0 Å². The lowest BCUT2D eigenvalue weighted by molar-refractivity contribution is 0.0779. The molecule has 4 nitrogen and oxygen atoms in total. The Balaban J connectivity index is 3.31. The molecular weight excluding hydrogens is 345 g/mol. The van der Waals surface area contributed by atoms with E-state index in [0.717, 1.165) is 12.1 Å². The summed E-state index contributed by atoms with van der Waals surface area (Å²) in [6.07, 6.45) is 0. The van der Waals surface area contributed by atoms with Crippen LogP contribution in [0.4, 0.5) is 0 Å². The molecule has 0 aliphatic carbocycles. The van der Waals surface area contributed by atoms with Crippen LogP contribution in [0.3, 0.4) is 0 Å². The number of benzene rings is 1. The zero-order valence-electron chi connectivity index (χ0n) is 11.2. The summed E-state index contributed by atoms with van der Waals surface area (Å²) in [6.45, 7) is 4.42. The monoisotopic (exact) mass is 357 g/mol. The molecule has 0 aliphatic heterocycles. The first-order valence-electron chi connectivity index (χ1n) is 5.73. The normalized spacial score (nSPS) is 11.8. The van der Waals surface area contributed by atoms with Crippen molar-refractivity contribution in [3.63, 3.8) is 0 Å². The molecule has 1 aromatic carbocycles. The van der Waals surface area contributed by atoms with Crippen LogP contribution < -0.4 is 0 Å². The highest BCUT2D eigenvalue weighted by atomic mass is 35.7. The lowest BCUT2D eigenvalue weighted by Gasteiger charge is -2.20. The lowest BCUT2D eigenvalue weighted by Crippen LogP contribution is -2.30. The molecule has 1 aromatic rings. The molecule has 0 bridgehead atoms. The maximum atomic E-state index is 12.3. The van der Waals surface area contributed by atoms with Crippen LogP contribution in [0.1, 0.15) is 24.2 Å². The Morgan fingerprint density at radius 1 is 1.30 bits per heavy atom. The first-order valence-corrected chi connectivity index (χ1v) is 8.79. The molecule has 0 atom stereocenters. The minimum atomic E-state index is -3.99. The van der Waals surface area contributed by atoms with Gasteiger partial charge >= 0.3 is 0 Å². The highest BCUT2D eigenvalue weighted by Crippen LogP contribution is 2.31. The number of carbonyl (C=O) groups is 1. The third-order valence-corrected chi connectivity index (χ3v) is 4.63. The Morgan fingerprint density at radius 3 is 2.30 bits per heavy atom. The molecule has 8 heteroatoms. The fourth-order valence-electron chi connectivity index (χ4n) is 1.70. The summed E-state index contributed by atoms with van der Waals surface area (Å²) < 4.78 is 22.7. The minimum Gasteiger partial charge on any atom is -0.341 e. The van der Waals surface area contributed by atoms with E-state index in [2.05, 4.69) is 0 Å². The third kappa shape index (κ3) is 4.25. The van der Waals surface area contributed by atoms with E-state index in [1.54, 1.807) is 7.05 Å². The van der Waals surface area contributed by atoms with Gasteiger partial charge in [0.05, 0.1) is 20.5 Å². The van der Waals surface area contributed by atoms with Gasteiger partial charge in [-0.3, -0.25) is 4.79 Å². The average Bonchev–Trinajstić information content (AvgIpc) is 2.29. The van der Waals surface area contributed by atoms with Gasteiger partial charge in [-0.2, -0.15) is 0 Å². The van der Waals surface area contributed by atoms with Crippen molar-refractivity contribution < 1.29 is 13.2 Å². The van der Waals surface area contributed by atoms with E-state index in [-0.39, 0.29) is 26.4 Å². The average molecular weight is 359 g/mol. The van der Waals surface area contributed by atoms with Crippen LogP contribution in [-0.4, -0.2) is 32.8 Å². The Morgan fingerprint density at radius 2 is 1.85 bits per heavy atom. The molecule has 20 heavy (non-hydrogen) atoms. The van der Waals surface area contributed by atoms with E-state index in [0.29, 0.717) is 6.54 Å². The smallest absolute Gasteiger partial charge is 0.261 e. The molecule has 0 unspecified atom stereocenters. The van der Waals surface area contributed by atoms with E-state index < -0.39 is 15.0 Å². The maximum Gasteiger partial charge on any atom is 0.261 e. The number of halogens is 3. The highest BCUT2D eigenvalue weighted by Gasteiger charge is 2.22. The van der Waals surface area contributed by atoms with Gasteiger partial charge in [0.2, 0.25) is 0 Å². The van der Waals surface area contributed by atoms with E-state index >= 15 is 0 Å². The van der Waals surface area contributed by atoms with Crippen LogP contribution in [0.2, 0.25) is 10.0 Å². The van der Waals surface area contributed by atoms with Crippen molar-refractivity contribution in [1.29, 1.82) is 0 Å². The Hall–Kier alpha value is -0.490. The second-order valence-corrected chi connectivity index (χ2v) is 8.14. The molecule has 1 rings (SSSR count). The molecule has 0 fully saturated rings. The van der Waals surface area contributed by atoms with Gasteiger partial charge < -0.3 is 4.90 Å². The predicted octanol–water partition coefficient (Wildman–Crippen LogP) is 3.65. The molecule has 0 radical (unpaired) electrons. The summed E-state index contributed by atoms with van der Waals surface area (Å²) in [5.74, 6) is -0.147. The number of carbonyl (C=O) groups excluding carboxylic acids is 1. The van der Waals surface area contributed by atoms with Gasteiger partial charge in [-0.1, -0.05) is 37.0 Å². The van der Waals surface area contributed by atoms with Crippen molar-refractivity contribution in [2.24, 2.45) is 5.92 Å². The van der Waals surface area contributed by atoms with Gasteiger partial charge in [0.15, 0.2) is 0 Å². The SMILES string of the molecule is CC(C)CN(C)C(=O)c1cc(S(=O)(=O)Cl)cc(Cl)c1Cl. The number of amides is 1. The second-order valence-electron chi connectivity index (χ2n) is 4.78. The summed E-state index contributed by atoms with van der Waals surface area (Å²) in [6, 6.07) is 2.25. The summed E-state index contributed by atoms with van der Waals surface area (Å²) in [7, 11) is 2.89. The third-order valence-electron chi connectivity index (χ3n) is 2.50. The Kier molecular flexibility index (Phi) is 5.72. The van der Waals surface area contributed by atoms with Gasteiger partial charge in [-0.25, -0.2) is 8.42 Å². The zero-order chi connectivity index (χ0) is 15.7. The second kappa shape index (κ2) is 6.52. The van der Waals surface area contributed by atoms with Gasteiger partial charge in [-0.05, 0) is 18.1 Å². The van der Waals surface area contributed by atoms with Crippen molar-refractivity contribution in [1.82, 2.24) is 4.90 Å². The molecule has 0 spiro atoms. The van der Waals surface area contributed by atoms with E-state index in [9.17, 15) is 13.2 Å². The van der Waals surface area contributed by atoms with Crippen molar-refractivity contribution in [2.75, 3.05) is 13.6 Å². The molecule has 0 N–H and O–H groups in total. The van der Waals surface area contributed by atoms with Crippen LogP contribution >= 0.6 is 33.9 Å². The van der Waals surface area contributed by atoms with Gasteiger partial charge in [0.25, 0.3) is 15.0 Å². The topological polar surface area (TPSA) is 54.5 Å². The molecular formula is C12H14Cl3NO3S. The fourth-order valence-corrected chi connectivity index (χ4v) is 2.96. The Bertz CT molecular complexity index is 629. The number of hydrogen-bond donors (Lipinski definition) is 0.